The van der Waals surface area contributed by atoms with Crippen molar-refractivity contribution in [2.24, 2.45) is 11.8 Å². The molecule has 2 aliphatic rings. The van der Waals surface area contributed by atoms with E-state index in [2.05, 4.69) is 30.2 Å². The van der Waals surface area contributed by atoms with Crippen molar-refractivity contribution >= 4 is 0 Å². The molecule has 1 saturated heterocycles. The van der Waals surface area contributed by atoms with E-state index in [0.29, 0.717) is 5.92 Å². The molecule has 1 aliphatic carbocycles. The van der Waals surface area contributed by atoms with Gasteiger partial charge in [-0.05, 0) is 60.8 Å². The lowest BCUT2D eigenvalue weighted by Gasteiger charge is -2.39. The SMILES string of the molecule is CCCC1CCC2Cc3cccc(OC)c3C[C@H]2OC(Cn2cccn2)C1. The van der Waals surface area contributed by atoms with E-state index in [1.165, 1.54) is 36.8 Å². The first-order chi connectivity index (χ1) is 13.3. The third-order valence-electron chi connectivity index (χ3n) is 6.42. The Bertz CT molecular complexity index is 728. The molecule has 4 atom stereocenters. The van der Waals surface area contributed by atoms with Crippen LogP contribution < -0.4 is 4.74 Å². The Morgan fingerprint density at radius 3 is 2.93 bits per heavy atom. The van der Waals surface area contributed by atoms with Crippen molar-refractivity contribution < 1.29 is 9.47 Å². The molecule has 2 aromatic rings. The van der Waals surface area contributed by atoms with Crippen molar-refractivity contribution in [3.05, 3.63) is 47.8 Å². The van der Waals surface area contributed by atoms with Crippen molar-refractivity contribution in [2.45, 2.75) is 70.6 Å². The highest BCUT2D eigenvalue weighted by atomic mass is 16.5. The van der Waals surface area contributed by atoms with Gasteiger partial charge in [0.2, 0.25) is 0 Å². The average Bonchev–Trinajstić information content (AvgIpc) is 3.17. The van der Waals surface area contributed by atoms with E-state index in [0.717, 1.165) is 37.5 Å². The molecular formula is C23H32N2O2. The van der Waals surface area contributed by atoms with E-state index < -0.39 is 0 Å². The minimum Gasteiger partial charge on any atom is -0.496 e. The van der Waals surface area contributed by atoms with Gasteiger partial charge in [-0.2, -0.15) is 5.10 Å². The lowest BCUT2D eigenvalue weighted by molar-refractivity contribution is -0.0780. The Balaban J connectivity index is 1.56. The number of aromatic nitrogens is 2. The zero-order chi connectivity index (χ0) is 18.6. The van der Waals surface area contributed by atoms with E-state index in [4.69, 9.17) is 9.47 Å². The zero-order valence-electron chi connectivity index (χ0n) is 16.6. The van der Waals surface area contributed by atoms with Gasteiger partial charge in [-0.1, -0.05) is 31.9 Å². The first kappa shape index (κ1) is 18.5. The molecule has 0 radical (unpaired) electrons. The fourth-order valence-electron chi connectivity index (χ4n) is 5.10. The molecule has 1 aromatic carbocycles. The Kier molecular flexibility index (Phi) is 5.82. The van der Waals surface area contributed by atoms with E-state index in [1.54, 1.807) is 7.11 Å². The second-order valence-electron chi connectivity index (χ2n) is 8.26. The molecule has 27 heavy (non-hydrogen) atoms. The van der Waals surface area contributed by atoms with Gasteiger partial charge < -0.3 is 9.47 Å². The lowest BCUT2D eigenvalue weighted by atomic mass is 9.76. The van der Waals surface area contributed by atoms with Gasteiger partial charge in [-0.15, -0.1) is 0 Å². The quantitative estimate of drug-likeness (QED) is 0.770. The molecule has 0 saturated carbocycles. The van der Waals surface area contributed by atoms with Gasteiger partial charge in [0.25, 0.3) is 0 Å². The van der Waals surface area contributed by atoms with Crippen LogP contribution in [0, 0.1) is 11.8 Å². The number of rotatable bonds is 5. The normalized spacial score (nSPS) is 27.9. The largest absolute Gasteiger partial charge is 0.496 e. The van der Waals surface area contributed by atoms with Crippen LogP contribution in [0.4, 0.5) is 0 Å². The Morgan fingerprint density at radius 2 is 2.15 bits per heavy atom. The molecule has 0 N–H and O–H groups in total. The van der Waals surface area contributed by atoms with Crippen LogP contribution in [-0.2, 0) is 24.1 Å². The van der Waals surface area contributed by atoms with Gasteiger partial charge in [-0.25, -0.2) is 0 Å². The monoisotopic (exact) mass is 368 g/mol. The van der Waals surface area contributed by atoms with Gasteiger partial charge in [-0.3, -0.25) is 4.68 Å². The number of benzene rings is 1. The number of hydrogen-bond donors (Lipinski definition) is 0. The van der Waals surface area contributed by atoms with E-state index in [9.17, 15) is 0 Å². The molecule has 0 spiro atoms. The molecule has 2 heterocycles. The van der Waals surface area contributed by atoms with Gasteiger partial charge in [0, 0.05) is 18.8 Å². The summed E-state index contributed by atoms with van der Waals surface area (Å²) in [6.07, 6.45) is 12.8. The maximum Gasteiger partial charge on any atom is 0.122 e. The summed E-state index contributed by atoms with van der Waals surface area (Å²) in [7, 11) is 1.77. The van der Waals surface area contributed by atoms with Crippen molar-refractivity contribution in [1.29, 1.82) is 0 Å². The summed E-state index contributed by atoms with van der Waals surface area (Å²) in [5, 5.41) is 4.42. The summed E-state index contributed by atoms with van der Waals surface area (Å²) in [6.45, 7) is 3.16. The Morgan fingerprint density at radius 1 is 1.22 bits per heavy atom. The van der Waals surface area contributed by atoms with Crippen LogP contribution in [0.15, 0.2) is 36.7 Å². The summed E-state index contributed by atoms with van der Waals surface area (Å²) in [5.41, 5.74) is 2.81. The molecule has 1 aliphatic heterocycles. The van der Waals surface area contributed by atoms with Crippen LogP contribution in [0.5, 0.6) is 5.75 Å². The van der Waals surface area contributed by atoms with Crippen molar-refractivity contribution in [3.8, 4) is 5.75 Å². The number of methoxy groups -OCH3 is 1. The molecule has 3 unspecified atom stereocenters. The molecule has 4 nitrogen and oxygen atoms in total. The second-order valence-corrected chi connectivity index (χ2v) is 8.26. The highest BCUT2D eigenvalue weighted by Crippen LogP contribution is 2.39. The highest BCUT2D eigenvalue weighted by Gasteiger charge is 2.35. The molecule has 146 valence electrons. The third-order valence-corrected chi connectivity index (χ3v) is 6.42. The van der Waals surface area contributed by atoms with E-state index in [1.807, 2.05) is 23.1 Å². The Labute approximate surface area is 162 Å². The minimum atomic E-state index is 0.241. The first-order valence-corrected chi connectivity index (χ1v) is 10.5. The molecular weight excluding hydrogens is 336 g/mol. The molecule has 0 bridgehead atoms. The maximum absolute atomic E-state index is 6.79. The van der Waals surface area contributed by atoms with Crippen LogP contribution >= 0.6 is 0 Å². The van der Waals surface area contributed by atoms with Crippen molar-refractivity contribution in [2.75, 3.05) is 7.11 Å². The van der Waals surface area contributed by atoms with Gasteiger partial charge in [0.15, 0.2) is 0 Å². The summed E-state index contributed by atoms with van der Waals surface area (Å²) in [5.74, 6) is 2.40. The van der Waals surface area contributed by atoms with Crippen molar-refractivity contribution in [1.82, 2.24) is 9.78 Å². The number of nitrogens with zero attached hydrogens (tertiary/aromatic N) is 2. The van der Waals surface area contributed by atoms with Crippen LogP contribution in [0.25, 0.3) is 0 Å². The zero-order valence-corrected chi connectivity index (χ0v) is 16.6. The minimum absolute atomic E-state index is 0.241. The van der Waals surface area contributed by atoms with Gasteiger partial charge in [0.1, 0.15) is 5.75 Å². The topological polar surface area (TPSA) is 36.3 Å². The Hall–Kier alpha value is -1.81. The lowest BCUT2D eigenvalue weighted by Crippen LogP contribution is -2.40. The summed E-state index contributed by atoms with van der Waals surface area (Å²) < 4.78 is 14.5. The molecule has 1 aromatic heterocycles. The first-order valence-electron chi connectivity index (χ1n) is 10.5. The molecule has 4 rings (SSSR count). The molecule has 4 heteroatoms. The molecule has 1 fully saturated rings. The predicted molar refractivity (Wildman–Crippen MR) is 107 cm³/mol. The van der Waals surface area contributed by atoms with Crippen molar-refractivity contribution in [3.63, 3.8) is 0 Å². The number of ether oxygens (including phenoxy) is 2. The van der Waals surface area contributed by atoms with Gasteiger partial charge >= 0.3 is 0 Å². The number of fused-ring (bicyclic) bond motifs is 2. The maximum atomic E-state index is 6.79. The fraction of sp³-hybridized carbons (Fsp3) is 0.609. The fourth-order valence-corrected chi connectivity index (χ4v) is 5.10. The number of hydrogen-bond acceptors (Lipinski definition) is 3. The predicted octanol–water partition coefficient (Wildman–Crippen LogP) is 4.66. The second kappa shape index (κ2) is 8.47. The van der Waals surface area contributed by atoms with Crippen LogP contribution in [-0.4, -0.2) is 29.1 Å². The third kappa shape index (κ3) is 4.21. The highest BCUT2D eigenvalue weighted by molar-refractivity contribution is 5.42. The smallest absolute Gasteiger partial charge is 0.122 e. The average molecular weight is 369 g/mol. The van der Waals surface area contributed by atoms with Gasteiger partial charge in [0.05, 0.1) is 25.9 Å². The summed E-state index contributed by atoms with van der Waals surface area (Å²) in [6, 6.07) is 8.48. The van der Waals surface area contributed by atoms with Crippen LogP contribution in [0.1, 0.15) is 50.2 Å². The summed E-state index contributed by atoms with van der Waals surface area (Å²) in [4.78, 5) is 0. The standard InChI is InChI=1S/C23H32N2O2/c1-3-6-17-9-10-19-14-18-7-4-8-22(26-2)21(18)15-23(19)27-20(13-17)16-25-12-5-11-24-25/h4-5,7-8,11-12,17,19-20,23H,3,6,9-10,13-16H2,1-2H3/t17?,19?,20?,23-/m1/s1. The van der Waals surface area contributed by atoms with Crippen LogP contribution in [0.3, 0.4) is 0 Å². The van der Waals surface area contributed by atoms with E-state index >= 15 is 0 Å². The molecule has 0 amide bonds. The van der Waals surface area contributed by atoms with E-state index in [-0.39, 0.29) is 12.2 Å². The summed E-state index contributed by atoms with van der Waals surface area (Å²) >= 11 is 0. The van der Waals surface area contributed by atoms with Crippen LogP contribution in [0.2, 0.25) is 0 Å².